The van der Waals surface area contributed by atoms with Crippen LogP contribution in [0, 0.1) is 30.6 Å². The summed E-state index contributed by atoms with van der Waals surface area (Å²) in [6.07, 6.45) is 0. The van der Waals surface area contributed by atoms with Crippen molar-refractivity contribution >= 4 is 0 Å². The first-order valence-electron chi connectivity index (χ1n) is 5.12. The van der Waals surface area contributed by atoms with Gasteiger partial charge in [0.05, 0.1) is 11.5 Å². The fourth-order valence-electron chi connectivity index (χ4n) is 1.41. The molecule has 1 aromatic rings. The van der Waals surface area contributed by atoms with Crippen molar-refractivity contribution in [3.8, 4) is 6.07 Å². The Balaban J connectivity index is 2.46. The Labute approximate surface area is 91.1 Å². The minimum absolute atomic E-state index is 0.313. The zero-order chi connectivity index (χ0) is 11.5. The molecular formula is C12H18N2O. The van der Waals surface area contributed by atoms with Gasteiger partial charge in [0.25, 0.3) is 0 Å². The molecule has 0 unspecified atom stereocenters. The third-order valence-corrected chi connectivity index (χ3v) is 2.33. The Morgan fingerprint density at radius 1 is 1.47 bits per heavy atom. The van der Waals surface area contributed by atoms with Crippen molar-refractivity contribution in [2.45, 2.75) is 34.2 Å². The molecule has 82 valence electrons. The van der Waals surface area contributed by atoms with Crippen LogP contribution in [-0.4, -0.2) is 6.54 Å². The second kappa shape index (κ2) is 4.50. The molecule has 0 atom stereocenters. The normalized spacial score (nSPS) is 11.4. The van der Waals surface area contributed by atoms with Gasteiger partial charge in [0.1, 0.15) is 11.5 Å². The maximum Gasteiger partial charge on any atom is 0.105 e. The first kappa shape index (κ1) is 11.8. The summed E-state index contributed by atoms with van der Waals surface area (Å²) in [7, 11) is 0. The molecule has 1 N–H and O–H groups in total. The van der Waals surface area contributed by atoms with Gasteiger partial charge in [-0.2, -0.15) is 5.26 Å². The molecule has 1 heterocycles. The fourth-order valence-corrected chi connectivity index (χ4v) is 1.41. The second-order valence-electron chi connectivity index (χ2n) is 4.54. The summed E-state index contributed by atoms with van der Waals surface area (Å²) >= 11 is 0. The van der Waals surface area contributed by atoms with Crippen molar-refractivity contribution in [1.82, 2.24) is 5.32 Å². The molecule has 3 heteroatoms. The molecule has 0 aliphatic heterocycles. The largest absolute Gasteiger partial charge is 0.466 e. The molecule has 0 aliphatic carbocycles. The average molecular weight is 206 g/mol. The van der Waals surface area contributed by atoms with Crippen molar-refractivity contribution in [3.05, 3.63) is 23.2 Å². The minimum atomic E-state index is -0.313. The lowest BCUT2D eigenvalue weighted by Gasteiger charge is -2.15. The number of hydrogen-bond donors (Lipinski definition) is 1. The van der Waals surface area contributed by atoms with Crippen LogP contribution >= 0.6 is 0 Å². The van der Waals surface area contributed by atoms with Crippen LogP contribution < -0.4 is 5.32 Å². The molecular weight excluding hydrogens is 188 g/mol. The summed E-state index contributed by atoms with van der Waals surface area (Å²) < 4.78 is 5.42. The summed E-state index contributed by atoms with van der Waals surface area (Å²) in [5.41, 5.74) is 0.855. The molecule has 0 fully saturated rings. The Bertz CT molecular complexity index is 371. The number of aryl methyl sites for hydroxylation is 2. The topological polar surface area (TPSA) is 49.0 Å². The Kier molecular flexibility index (Phi) is 3.54. The maximum atomic E-state index is 8.84. The first-order chi connectivity index (χ1) is 6.94. The molecule has 0 amide bonds. The third-order valence-electron chi connectivity index (χ3n) is 2.33. The molecule has 0 bridgehead atoms. The Hall–Kier alpha value is -1.27. The Morgan fingerprint density at radius 3 is 2.60 bits per heavy atom. The lowest BCUT2D eigenvalue weighted by Crippen LogP contribution is -2.27. The summed E-state index contributed by atoms with van der Waals surface area (Å²) in [6.45, 7) is 9.19. The Morgan fingerprint density at radius 2 is 2.13 bits per heavy atom. The van der Waals surface area contributed by atoms with Crippen LogP contribution in [0.2, 0.25) is 0 Å². The van der Waals surface area contributed by atoms with Gasteiger partial charge in [0.15, 0.2) is 0 Å². The maximum absolute atomic E-state index is 8.84. The predicted octanol–water partition coefficient (Wildman–Crippen LogP) is 2.54. The molecule has 1 aromatic heterocycles. The fraction of sp³-hybridized carbons (Fsp3) is 0.583. The van der Waals surface area contributed by atoms with Crippen LogP contribution in [0.3, 0.4) is 0 Å². The highest BCUT2D eigenvalue weighted by molar-refractivity contribution is 5.19. The van der Waals surface area contributed by atoms with Gasteiger partial charge < -0.3 is 9.73 Å². The van der Waals surface area contributed by atoms with E-state index >= 15 is 0 Å². The van der Waals surface area contributed by atoms with E-state index in [0.29, 0.717) is 6.54 Å². The summed E-state index contributed by atoms with van der Waals surface area (Å²) in [5, 5.41) is 12.1. The third kappa shape index (κ3) is 3.41. The molecule has 3 nitrogen and oxygen atoms in total. The lowest BCUT2D eigenvalue weighted by atomic mass is 9.96. The molecule has 0 saturated carbocycles. The smallest absolute Gasteiger partial charge is 0.105 e. The monoisotopic (exact) mass is 206 g/mol. The van der Waals surface area contributed by atoms with Gasteiger partial charge in [0, 0.05) is 18.7 Å². The van der Waals surface area contributed by atoms with Gasteiger partial charge in [-0.05, 0) is 33.8 Å². The zero-order valence-electron chi connectivity index (χ0n) is 9.85. The number of rotatable bonds is 4. The van der Waals surface area contributed by atoms with Gasteiger partial charge in [-0.3, -0.25) is 0 Å². The molecule has 1 rings (SSSR count). The number of nitriles is 1. The van der Waals surface area contributed by atoms with E-state index < -0.39 is 0 Å². The van der Waals surface area contributed by atoms with Crippen LogP contribution in [0.25, 0.3) is 0 Å². The van der Waals surface area contributed by atoms with Gasteiger partial charge >= 0.3 is 0 Å². The average Bonchev–Trinajstić information content (AvgIpc) is 2.45. The number of nitrogens with one attached hydrogen (secondary N) is 1. The molecule has 0 aromatic carbocycles. The van der Waals surface area contributed by atoms with E-state index in [1.807, 2.05) is 33.8 Å². The lowest BCUT2D eigenvalue weighted by molar-refractivity contribution is 0.441. The second-order valence-corrected chi connectivity index (χ2v) is 4.54. The van der Waals surface area contributed by atoms with E-state index in [1.165, 1.54) is 5.56 Å². The van der Waals surface area contributed by atoms with Crippen molar-refractivity contribution in [1.29, 1.82) is 5.26 Å². The predicted molar refractivity (Wildman–Crippen MR) is 59.3 cm³/mol. The van der Waals surface area contributed by atoms with Crippen LogP contribution in [-0.2, 0) is 6.54 Å². The van der Waals surface area contributed by atoms with Crippen LogP contribution in [0.5, 0.6) is 0 Å². The van der Waals surface area contributed by atoms with E-state index in [1.54, 1.807) is 0 Å². The van der Waals surface area contributed by atoms with Gasteiger partial charge in [-0.25, -0.2) is 0 Å². The standard InChI is InChI=1S/C12H18N2O/c1-9-5-11(10(2)15-9)6-14-8-12(3,4)7-13/h5,14H,6,8H2,1-4H3. The zero-order valence-corrected chi connectivity index (χ0v) is 9.85. The van der Waals surface area contributed by atoms with Crippen molar-refractivity contribution in [2.24, 2.45) is 5.41 Å². The highest BCUT2D eigenvalue weighted by Crippen LogP contribution is 2.15. The molecule has 0 radical (unpaired) electrons. The number of hydrogen-bond acceptors (Lipinski definition) is 3. The van der Waals surface area contributed by atoms with E-state index in [9.17, 15) is 0 Å². The van der Waals surface area contributed by atoms with E-state index in [2.05, 4.69) is 11.4 Å². The number of nitrogens with zero attached hydrogens (tertiary/aromatic N) is 1. The summed E-state index contributed by atoms with van der Waals surface area (Å²) in [5.74, 6) is 1.89. The van der Waals surface area contributed by atoms with Crippen molar-refractivity contribution in [2.75, 3.05) is 6.54 Å². The van der Waals surface area contributed by atoms with Gasteiger partial charge in [-0.1, -0.05) is 0 Å². The van der Waals surface area contributed by atoms with Crippen LogP contribution in [0.4, 0.5) is 0 Å². The van der Waals surface area contributed by atoms with E-state index in [4.69, 9.17) is 9.68 Å². The van der Waals surface area contributed by atoms with E-state index in [0.717, 1.165) is 18.1 Å². The molecule has 0 spiro atoms. The minimum Gasteiger partial charge on any atom is -0.466 e. The van der Waals surface area contributed by atoms with Crippen LogP contribution in [0.1, 0.15) is 30.9 Å². The molecule has 15 heavy (non-hydrogen) atoms. The van der Waals surface area contributed by atoms with Crippen molar-refractivity contribution in [3.63, 3.8) is 0 Å². The quantitative estimate of drug-likeness (QED) is 0.823. The molecule has 0 aliphatic rings. The van der Waals surface area contributed by atoms with Gasteiger partial charge in [-0.15, -0.1) is 0 Å². The molecule has 0 saturated heterocycles. The van der Waals surface area contributed by atoms with E-state index in [-0.39, 0.29) is 5.41 Å². The summed E-state index contributed by atoms with van der Waals surface area (Å²) in [6, 6.07) is 4.29. The highest BCUT2D eigenvalue weighted by Gasteiger charge is 2.15. The highest BCUT2D eigenvalue weighted by atomic mass is 16.3. The summed E-state index contributed by atoms with van der Waals surface area (Å²) in [4.78, 5) is 0. The number of furan rings is 1. The van der Waals surface area contributed by atoms with Crippen molar-refractivity contribution < 1.29 is 4.42 Å². The van der Waals surface area contributed by atoms with Gasteiger partial charge in [0.2, 0.25) is 0 Å². The first-order valence-corrected chi connectivity index (χ1v) is 5.12. The van der Waals surface area contributed by atoms with Crippen LogP contribution in [0.15, 0.2) is 10.5 Å². The SMILES string of the molecule is Cc1cc(CNCC(C)(C)C#N)c(C)o1.